The van der Waals surface area contributed by atoms with Gasteiger partial charge in [-0.25, -0.2) is 9.07 Å². The van der Waals surface area contributed by atoms with Gasteiger partial charge in [-0.15, -0.1) is 0 Å². The summed E-state index contributed by atoms with van der Waals surface area (Å²) in [5.41, 5.74) is 1.15. The Hall–Kier alpha value is -3.83. The first-order valence-electron chi connectivity index (χ1n) is 9.87. The summed E-state index contributed by atoms with van der Waals surface area (Å²) in [6.45, 7) is 1.73. The molecule has 3 aromatic heterocycles. The van der Waals surface area contributed by atoms with Gasteiger partial charge in [-0.1, -0.05) is 27.5 Å². The summed E-state index contributed by atoms with van der Waals surface area (Å²) in [5.74, 6) is -0.532. The van der Waals surface area contributed by atoms with Crippen LogP contribution in [0.4, 0.5) is 10.2 Å². The van der Waals surface area contributed by atoms with Gasteiger partial charge in [0.1, 0.15) is 17.0 Å². The average molecular weight is 543 g/mol. The van der Waals surface area contributed by atoms with Gasteiger partial charge in [0.05, 0.1) is 28.2 Å². The monoisotopic (exact) mass is 541 g/mol. The van der Waals surface area contributed by atoms with Crippen molar-refractivity contribution in [3.05, 3.63) is 91.7 Å². The normalized spacial score (nSPS) is 11.2. The van der Waals surface area contributed by atoms with Gasteiger partial charge < -0.3 is 5.32 Å². The summed E-state index contributed by atoms with van der Waals surface area (Å²) in [6.07, 6.45) is 1.38. The van der Waals surface area contributed by atoms with Gasteiger partial charge in [0.2, 0.25) is 5.95 Å². The van der Waals surface area contributed by atoms with E-state index in [1.165, 1.54) is 39.8 Å². The van der Waals surface area contributed by atoms with Crippen molar-refractivity contribution in [1.82, 2.24) is 29.5 Å². The van der Waals surface area contributed by atoms with Crippen LogP contribution >= 0.6 is 27.5 Å². The molecule has 0 radical (unpaired) electrons. The summed E-state index contributed by atoms with van der Waals surface area (Å²) in [6, 6.07) is 12.2. The zero-order valence-electron chi connectivity index (χ0n) is 17.4. The summed E-state index contributed by atoms with van der Waals surface area (Å²) in [7, 11) is 0. The Balaban J connectivity index is 1.59. The number of carbonyl (C=O) groups excluding carboxylic acids is 1. The van der Waals surface area contributed by atoms with Gasteiger partial charge in [0.25, 0.3) is 11.5 Å². The number of aryl methyl sites for hydroxylation is 1. The van der Waals surface area contributed by atoms with Crippen molar-refractivity contribution in [2.24, 2.45) is 0 Å². The number of halogens is 3. The highest BCUT2D eigenvalue weighted by Crippen LogP contribution is 2.23. The number of amides is 1. The zero-order valence-corrected chi connectivity index (χ0v) is 19.7. The number of fused-ring (bicyclic) bond motifs is 1. The van der Waals surface area contributed by atoms with Crippen LogP contribution in [0.15, 0.2) is 64.0 Å². The van der Waals surface area contributed by atoms with Crippen LogP contribution in [0.3, 0.4) is 0 Å². The van der Waals surface area contributed by atoms with E-state index < -0.39 is 17.3 Å². The molecule has 5 rings (SSSR count). The molecule has 0 unspecified atom stereocenters. The third-order valence-corrected chi connectivity index (χ3v) is 5.77. The molecule has 34 heavy (non-hydrogen) atoms. The zero-order chi connectivity index (χ0) is 24.0. The molecule has 2 N–H and O–H groups in total. The smallest absolute Gasteiger partial charge is 0.263 e. The second-order valence-electron chi connectivity index (χ2n) is 7.32. The van der Waals surface area contributed by atoms with Crippen molar-refractivity contribution < 1.29 is 9.18 Å². The van der Waals surface area contributed by atoms with Crippen LogP contribution in [0.1, 0.15) is 16.1 Å². The molecule has 0 atom stereocenters. The highest BCUT2D eigenvalue weighted by Gasteiger charge is 2.18. The minimum Gasteiger partial charge on any atom is -0.306 e. The van der Waals surface area contributed by atoms with E-state index in [1.54, 1.807) is 31.2 Å². The lowest BCUT2D eigenvalue weighted by atomic mass is 10.2. The maximum Gasteiger partial charge on any atom is 0.263 e. The van der Waals surface area contributed by atoms with E-state index in [9.17, 15) is 14.0 Å². The number of benzene rings is 2. The van der Waals surface area contributed by atoms with E-state index in [4.69, 9.17) is 11.6 Å². The number of hydrogen-bond donors (Lipinski definition) is 2. The van der Waals surface area contributed by atoms with E-state index in [2.05, 4.69) is 41.4 Å². The minimum absolute atomic E-state index is 0.0603. The molecule has 9 nitrogen and oxygen atoms in total. The van der Waals surface area contributed by atoms with Crippen LogP contribution < -0.4 is 10.9 Å². The van der Waals surface area contributed by atoms with E-state index in [0.29, 0.717) is 15.9 Å². The molecule has 1 amide bonds. The summed E-state index contributed by atoms with van der Waals surface area (Å²) >= 11 is 9.51. The molecule has 0 saturated heterocycles. The maximum atomic E-state index is 13.4. The molecule has 5 aromatic rings. The number of aromatic nitrogens is 6. The molecular formula is C22H14BrClFN7O2. The van der Waals surface area contributed by atoms with Gasteiger partial charge in [-0.05, 0) is 49.4 Å². The fraction of sp³-hybridized carbons (Fsp3) is 0.0455. The molecule has 0 aliphatic heterocycles. The van der Waals surface area contributed by atoms with Crippen molar-refractivity contribution in [3.8, 4) is 11.6 Å². The average Bonchev–Trinajstić information content (AvgIpc) is 3.39. The molecule has 2 aromatic carbocycles. The number of rotatable bonds is 4. The number of carbonyl (C=O) groups is 1. The summed E-state index contributed by atoms with van der Waals surface area (Å²) in [5, 5.41) is 11.9. The molecule has 0 spiro atoms. The Morgan fingerprint density at radius 1 is 1.15 bits per heavy atom. The van der Waals surface area contributed by atoms with Crippen molar-refractivity contribution >= 4 is 50.3 Å². The highest BCUT2D eigenvalue weighted by atomic mass is 79.9. The minimum atomic E-state index is -0.466. The Labute approximate surface area is 204 Å². The Morgan fingerprint density at radius 2 is 1.91 bits per heavy atom. The van der Waals surface area contributed by atoms with Crippen molar-refractivity contribution in [2.75, 3.05) is 5.32 Å². The molecule has 12 heteroatoms. The number of nitrogens with zero attached hydrogens (tertiary/aromatic N) is 5. The van der Waals surface area contributed by atoms with Gasteiger partial charge in [-0.2, -0.15) is 19.9 Å². The second kappa shape index (κ2) is 8.50. The number of anilines is 1. The topological polar surface area (TPSA) is 110 Å². The standard InChI is InChI=1S/C22H14BrClFN7O2/c1-11-8-18(27-20(33)15-9-12(23)2-7-17(15)24)32(30-11)22-28-19-16(21(34)29-22)10-26-31(19)14-5-3-13(25)4-6-14/h2-10H,1H3,(H,27,33)(H,28,29,34). The van der Waals surface area contributed by atoms with Crippen LogP contribution in [0, 0.1) is 12.7 Å². The Bertz CT molecular complexity index is 1630. The summed E-state index contributed by atoms with van der Waals surface area (Å²) in [4.78, 5) is 32.8. The molecular weight excluding hydrogens is 529 g/mol. The predicted molar refractivity (Wildman–Crippen MR) is 128 cm³/mol. The van der Waals surface area contributed by atoms with Crippen LogP contribution in [-0.2, 0) is 0 Å². The lowest BCUT2D eigenvalue weighted by Gasteiger charge is -2.10. The lowest BCUT2D eigenvalue weighted by Crippen LogP contribution is -2.19. The van der Waals surface area contributed by atoms with Gasteiger partial charge in [0, 0.05) is 10.5 Å². The number of nitrogens with one attached hydrogen (secondary N) is 2. The van der Waals surface area contributed by atoms with Crippen molar-refractivity contribution in [2.45, 2.75) is 6.92 Å². The van der Waals surface area contributed by atoms with E-state index in [1.807, 2.05) is 0 Å². The third kappa shape index (κ3) is 3.99. The first-order chi connectivity index (χ1) is 16.3. The van der Waals surface area contributed by atoms with Gasteiger partial charge >= 0.3 is 0 Å². The molecule has 0 aliphatic carbocycles. The van der Waals surface area contributed by atoms with Crippen LogP contribution in [0.2, 0.25) is 5.02 Å². The first-order valence-corrected chi connectivity index (χ1v) is 11.0. The van der Waals surface area contributed by atoms with Gasteiger partial charge in [0.15, 0.2) is 5.65 Å². The Morgan fingerprint density at radius 3 is 2.68 bits per heavy atom. The van der Waals surface area contributed by atoms with Crippen LogP contribution in [-0.4, -0.2) is 35.4 Å². The van der Waals surface area contributed by atoms with Crippen molar-refractivity contribution in [3.63, 3.8) is 0 Å². The molecule has 3 heterocycles. The molecule has 0 bridgehead atoms. The maximum absolute atomic E-state index is 13.4. The third-order valence-electron chi connectivity index (χ3n) is 4.94. The van der Waals surface area contributed by atoms with Crippen LogP contribution in [0.5, 0.6) is 0 Å². The van der Waals surface area contributed by atoms with E-state index in [0.717, 1.165) is 0 Å². The number of hydrogen-bond acceptors (Lipinski definition) is 5. The first kappa shape index (κ1) is 22.0. The van der Waals surface area contributed by atoms with E-state index >= 15 is 0 Å². The molecule has 0 aliphatic rings. The number of aromatic amines is 1. The Kier molecular flexibility index (Phi) is 5.50. The quantitative estimate of drug-likeness (QED) is 0.350. The largest absolute Gasteiger partial charge is 0.306 e. The molecule has 0 fully saturated rings. The lowest BCUT2D eigenvalue weighted by molar-refractivity contribution is 0.102. The number of H-pyrrole nitrogens is 1. The van der Waals surface area contributed by atoms with Crippen molar-refractivity contribution in [1.29, 1.82) is 0 Å². The molecule has 170 valence electrons. The SMILES string of the molecule is Cc1cc(NC(=O)c2cc(Br)ccc2Cl)n(-c2nc3c(cnn3-c3ccc(F)cc3)c(=O)[nH]2)n1. The van der Waals surface area contributed by atoms with Crippen LogP contribution in [0.25, 0.3) is 22.7 Å². The van der Waals surface area contributed by atoms with E-state index in [-0.39, 0.29) is 33.4 Å². The second-order valence-corrected chi connectivity index (χ2v) is 8.64. The molecule has 0 saturated carbocycles. The fourth-order valence-electron chi connectivity index (χ4n) is 3.38. The van der Waals surface area contributed by atoms with Gasteiger partial charge in [-0.3, -0.25) is 14.6 Å². The highest BCUT2D eigenvalue weighted by molar-refractivity contribution is 9.10. The fourth-order valence-corrected chi connectivity index (χ4v) is 3.95. The predicted octanol–water partition coefficient (Wildman–Crippen LogP) is 4.41. The summed E-state index contributed by atoms with van der Waals surface area (Å²) < 4.78 is 16.8.